The van der Waals surface area contributed by atoms with Crippen LogP contribution in [0.3, 0.4) is 0 Å². The molecule has 14 heavy (non-hydrogen) atoms. The number of fused-ring (bicyclic) bond motifs is 1. The zero-order chi connectivity index (χ0) is 9.97. The van der Waals surface area contributed by atoms with Crippen molar-refractivity contribution in [3.8, 4) is 0 Å². The lowest BCUT2D eigenvalue weighted by Crippen LogP contribution is -1.86. The van der Waals surface area contributed by atoms with Crippen molar-refractivity contribution in [1.29, 1.82) is 0 Å². The largest absolute Gasteiger partial charge is 0.233 e. The lowest BCUT2D eigenvalue weighted by atomic mass is 10.3. The molecule has 3 nitrogen and oxygen atoms in total. The minimum atomic E-state index is 0.973. The number of hydrogen-bond acceptors (Lipinski definition) is 5. The van der Waals surface area contributed by atoms with Crippen molar-refractivity contribution in [2.24, 2.45) is 0 Å². The third-order valence-corrected chi connectivity index (χ3v) is 3.74. The number of aryl methyl sites for hydroxylation is 1. The molecule has 2 aromatic heterocycles. The molecule has 5 heteroatoms. The van der Waals surface area contributed by atoms with E-state index >= 15 is 0 Å². The highest BCUT2D eigenvalue weighted by molar-refractivity contribution is 7.99. The maximum Gasteiger partial charge on any atom is 0.135 e. The topological polar surface area (TPSA) is 38.7 Å². The monoisotopic (exact) mass is 225 g/mol. The molecule has 0 fully saturated rings. The zero-order valence-electron chi connectivity index (χ0n) is 8.15. The molecule has 0 atom stereocenters. The Balaban J connectivity index is 2.58. The molecule has 0 saturated heterocycles. The highest BCUT2D eigenvalue weighted by atomic mass is 32.2. The zero-order valence-corrected chi connectivity index (χ0v) is 9.78. The highest BCUT2D eigenvalue weighted by Crippen LogP contribution is 2.27. The van der Waals surface area contributed by atoms with Crippen LogP contribution in [0.1, 0.15) is 18.7 Å². The summed E-state index contributed by atoms with van der Waals surface area (Å²) in [6, 6.07) is 0. The van der Waals surface area contributed by atoms with Gasteiger partial charge >= 0.3 is 0 Å². The molecule has 0 aliphatic rings. The Morgan fingerprint density at radius 3 is 2.86 bits per heavy atom. The van der Waals surface area contributed by atoms with Crippen molar-refractivity contribution in [3.63, 3.8) is 0 Å². The van der Waals surface area contributed by atoms with Crippen molar-refractivity contribution >= 4 is 34.3 Å². The second-order valence-electron chi connectivity index (χ2n) is 2.77. The average molecular weight is 225 g/mol. The summed E-state index contributed by atoms with van der Waals surface area (Å²) in [6.45, 7) is 4.24. The molecule has 0 spiro atoms. The van der Waals surface area contributed by atoms with Gasteiger partial charge in [0.25, 0.3) is 0 Å². The average Bonchev–Trinajstić information content (AvgIpc) is 2.62. The van der Waals surface area contributed by atoms with Crippen LogP contribution >= 0.6 is 23.3 Å². The molecule has 2 rings (SSSR count). The third-order valence-electron chi connectivity index (χ3n) is 1.90. The number of nitrogens with zero attached hydrogens (tertiary/aromatic N) is 3. The number of aromatic nitrogens is 3. The summed E-state index contributed by atoms with van der Waals surface area (Å²) >= 11 is 3.26. The van der Waals surface area contributed by atoms with E-state index in [0.717, 1.165) is 28.2 Å². The summed E-state index contributed by atoms with van der Waals surface area (Å²) in [4.78, 5) is 9.77. The van der Waals surface area contributed by atoms with Crippen LogP contribution in [0.5, 0.6) is 0 Å². The van der Waals surface area contributed by atoms with Crippen LogP contribution in [-0.4, -0.2) is 20.1 Å². The summed E-state index contributed by atoms with van der Waals surface area (Å²) < 4.78 is 4.40. The van der Waals surface area contributed by atoms with Crippen molar-refractivity contribution in [2.75, 3.05) is 5.75 Å². The van der Waals surface area contributed by atoms with Gasteiger partial charge in [0.05, 0.1) is 4.88 Å². The summed E-state index contributed by atoms with van der Waals surface area (Å²) in [5.74, 6) is 1.02. The molecule has 2 aromatic rings. The van der Waals surface area contributed by atoms with Crippen molar-refractivity contribution in [3.05, 3.63) is 11.2 Å². The van der Waals surface area contributed by atoms with Gasteiger partial charge in [-0.05, 0) is 23.7 Å². The standard InChI is InChI=1S/C9H11N3S2/c1-3-6-7-8(12-14-6)9(13-4-2)11-5-10-7/h5H,3-4H2,1-2H3. The molecule has 2 heterocycles. The van der Waals surface area contributed by atoms with Crippen molar-refractivity contribution < 1.29 is 0 Å². The van der Waals surface area contributed by atoms with E-state index in [2.05, 4.69) is 28.2 Å². The lowest BCUT2D eigenvalue weighted by molar-refractivity contribution is 1.08. The normalized spacial score (nSPS) is 11.0. The summed E-state index contributed by atoms with van der Waals surface area (Å²) in [5, 5.41) is 1.01. The molecule has 0 radical (unpaired) electrons. The smallest absolute Gasteiger partial charge is 0.135 e. The summed E-state index contributed by atoms with van der Waals surface area (Å²) in [7, 11) is 0. The molecule has 0 bridgehead atoms. The first-order valence-electron chi connectivity index (χ1n) is 4.58. The van der Waals surface area contributed by atoms with E-state index in [1.807, 2.05) is 0 Å². The van der Waals surface area contributed by atoms with E-state index in [1.54, 1.807) is 18.1 Å². The number of thioether (sulfide) groups is 1. The fraction of sp³-hybridized carbons (Fsp3) is 0.444. The van der Waals surface area contributed by atoms with E-state index < -0.39 is 0 Å². The van der Waals surface area contributed by atoms with Gasteiger partial charge in [0.15, 0.2) is 0 Å². The SMILES string of the molecule is CCSc1ncnc2c(CC)snc12. The highest BCUT2D eigenvalue weighted by Gasteiger charge is 2.10. The Labute approximate surface area is 91.1 Å². The Morgan fingerprint density at radius 1 is 1.29 bits per heavy atom. The second kappa shape index (κ2) is 4.23. The van der Waals surface area contributed by atoms with Gasteiger partial charge in [0, 0.05) is 0 Å². The molecule has 74 valence electrons. The van der Waals surface area contributed by atoms with E-state index in [1.165, 1.54) is 16.4 Å². The van der Waals surface area contributed by atoms with Crippen LogP contribution in [0, 0.1) is 0 Å². The summed E-state index contributed by atoms with van der Waals surface area (Å²) in [5.41, 5.74) is 2.00. The van der Waals surface area contributed by atoms with Crippen molar-refractivity contribution in [2.45, 2.75) is 25.3 Å². The minimum Gasteiger partial charge on any atom is -0.233 e. The van der Waals surface area contributed by atoms with E-state index in [9.17, 15) is 0 Å². The Kier molecular flexibility index (Phi) is 2.98. The molecule has 0 saturated carbocycles. The molecule has 0 amide bonds. The molecular formula is C9H11N3S2. The fourth-order valence-corrected chi connectivity index (χ4v) is 2.74. The van der Waals surface area contributed by atoms with Crippen LogP contribution in [0.4, 0.5) is 0 Å². The van der Waals surface area contributed by atoms with E-state index in [4.69, 9.17) is 0 Å². The van der Waals surface area contributed by atoms with Gasteiger partial charge in [0.1, 0.15) is 22.4 Å². The lowest BCUT2D eigenvalue weighted by Gasteiger charge is -1.97. The van der Waals surface area contributed by atoms with Crippen LogP contribution < -0.4 is 0 Å². The van der Waals surface area contributed by atoms with Gasteiger partial charge in [-0.2, -0.15) is 4.37 Å². The van der Waals surface area contributed by atoms with Gasteiger partial charge in [-0.1, -0.05) is 13.8 Å². The van der Waals surface area contributed by atoms with Crippen LogP contribution in [0.15, 0.2) is 11.4 Å². The van der Waals surface area contributed by atoms with Crippen LogP contribution in [0.25, 0.3) is 11.0 Å². The third kappa shape index (κ3) is 1.62. The first-order valence-corrected chi connectivity index (χ1v) is 6.34. The summed E-state index contributed by atoms with van der Waals surface area (Å²) in [6.07, 6.45) is 2.63. The van der Waals surface area contributed by atoms with Gasteiger partial charge in [0.2, 0.25) is 0 Å². The van der Waals surface area contributed by atoms with Gasteiger partial charge < -0.3 is 0 Å². The first kappa shape index (κ1) is 9.86. The molecule has 0 unspecified atom stereocenters. The van der Waals surface area contributed by atoms with Gasteiger partial charge in [-0.25, -0.2) is 9.97 Å². The molecule has 0 aliphatic carbocycles. The predicted molar refractivity (Wildman–Crippen MR) is 61.0 cm³/mol. The maximum absolute atomic E-state index is 4.40. The van der Waals surface area contributed by atoms with E-state index in [-0.39, 0.29) is 0 Å². The quantitative estimate of drug-likeness (QED) is 0.594. The van der Waals surface area contributed by atoms with Crippen molar-refractivity contribution in [1.82, 2.24) is 14.3 Å². The Bertz CT molecular complexity index is 439. The molecule has 0 aliphatic heterocycles. The maximum atomic E-state index is 4.40. The molecule has 0 N–H and O–H groups in total. The number of hydrogen-bond donors (Lipinski definition) is 0. The Morgan fingerprint density at radius 2 is 2.14 bits per heavy atom. The molecule has 0 aromatic carbocycles. The molecular weight excluding hydrogens is 214 g/mol. The first-order chi connectivity index (χ1) is 6.86. The number of rotatable bonds is 3. The van der Waals surface area contributed by atoms with E-state index in [0.29, 0.717) is 0 Å². The second-order valence-corrected chi connectivity index (χ2v) is 4.88. The van der Waals surface area contributed by atoms with Gasteiger partial charge in [-0.15, -0.1) is 11.8 Å². The van der Waals surface area contributed by atoms with Gasteiger partial charge in [-0.3, -0.25) is 0 Å². The minimum absolute atomic E-state index is 0.973. The van der Waals surface area contributed by atoms with Crippen LogP contribution in [0.2, 0.25) is 0 Å². The van der Waals surface area contributed by atoms with Crippen LogP contribution in [-0.2, 0) is 6.42 Å². The Hall–Kier alpha value is -0.680. The predicted octanol–water partition coefficient (Wildman–Crippen LogP) is 2.76. The fourth-order valence-electron chi connectivity index (χ4n) is 1.27.